The molecule has 0 radical (unpaired) electrons. The van der Waals surface area contributed by atoms with E-state index in [-0.39, 0.29) is 37.2 Å². The second-order valence-electron chi connectivity index (χ2n) is 5.73. The Kier molecular flexibility index (Phi) is 10.3. The summed E-state index contributed by atoms with van der Waals surface area (Å²) >= 11 is 2.29. The van der Waals surface area contributed by atoms with E-state index in [1.165, 1.54) is 31.7 Å². The Hall–Kier alpha value is -0.496. The molecule has 1 aliphatic rings. The van der Waals surface area contributed by atoms with E-state index in [1.807, 2.05) is 0 Å². The third-order valence-electron chi connectivity index (χ3n) is 4.37. The van der Waals surface area contributed by atoms with E-state index in [0.717, 1.165) is 6.42 Å². The molecule has 2 aromatic rings. The van der Waals surface area contributed by atoms with Gasteiger partial charge in [0.15, 0.2) is 0 Å². The molecule has 0 heterocycles. The Morgan fingerprint density at radius 1 is 0.750 bits per heavy atom. The van der Waals surface area contributed by atoms with Crippen molar-refractivity contribution in [1.29, 1.82) is 0 Å². The molecule has 0 unspecified atom stereocenters. The number of hydrogen-bond donors (Lipinski definition) is 0. The smallest absolute Gasteiger partial charge is 1.00 e. The molecule has 4 heteroatoms. The monoisotopic (exact) mass is 412 g/mol. The Morgan fingerprint density at radius 3 is 1.50 bits per heavy atom. The van der Waals surface area contributed by atoms with Crippen LogP contribution in [0.4, 0.5) is 0 Å². The molecule has 0 bridgehead atoms. The fourth-order valence-electron chi connectivity index (χ4n) is 3.16. The maximum atomic E-state index is 2.29. The summed E-state index contributed by atoms with van der Waals surface area (Å²) in [5.41, 5.74) is 7.27. The molecule has 3 rings (SSSR count). The first-order chi connectivity index (χ1) is 10.2. The minimum atomic E-state index is 0. The Balaban J connectivity index is 0.00000176. The number of halogens is 3. The van der Waals surface area contributed by atoms with Gasteiger partial charge in [-0.05, 0) is 0 Å². The SMILES string of the molecule is CC1=C(C)C(C(c2ccccc2)c2ccccc2)=[C]([Ti+3])C1.[Cl-].[Cl-].[Cl-]. The van der Waals surface area contributed by atoms with Crippen LogP contribution >= 0.6 is 0 Å². The zero-order valence-electron chi connectivity index (χ0n) is 13.7. The van der Waals surface area contributed by atoms with Gasteiger partial charge in [-0.15, -0.1) is 0 Å². The first-order valence-electron chi connectivity index (χ1n) is 7.39. The van der Waals surface area contributed by atoms with Gasteiger partial charge in [0.05, 0.1) is 0 Å². The summed E-state index contributed by atoms with van der Waals surface area (Å²) in [6.07, 6.45) is 1.12. The number of hydrogen-bond acceptors (Lipinski definition) is 0. The van der Waals surface area contributed by atoms with E-state index in [4.69, 9.17) is 0 Å². The maximum absolute atomic E-state index is 2.29. The van der Waals surface area contributed by atoms with Gasteiger partial charge in [0.1, 0.15) is 0 Å². The van der Waals surface area contributed by atoms with Gasteiger partial charge < -0.3 is 37.2 Å². The predicted molar refractivity (Wildman–Crippen MR) is 84.7 cm³/mol. The van der Waals surface area contributed by atoms with Crippen LogP contribution in [0.1, 0.15) is 37.3 Å². The first-order valence-corrected chi connectivity index (χ1v) is 8.18. The van der Waals surface area contributed by atoms with Gasteiger partial charge in [0.25, 0.3) is 0 Å². The molecule has 0 aromatic heterocycles. The van der Waals surface area contributed by atoms with Gasteiger partial charge in [-0.25, -0.2) is 0 Å². The van der Waals surface area contributed by atoms with Crippen molar-refractivity contribution in [3.63, 3.8) is 0 Å². The summed E-state index contributed by atoms with van der Waals surface area (Å²) in [7, 11) is 0. The van der Waals surface area contributed by atoms with Crippen LogP contribution in [0.5, 0.6) is 0 Å². The van der Waals surface area contributed by atoms with Crippen molar-refractivity contribution in [2.45, 2.75) is 26.2 Å². The summed E-state index contributed by atoms with van der Waals surface area (Å²) in [5.74, 6) is 0.352. The van der Waals surface area contributed by atoms with Crippen LogP contribution in [0.2, 0.25) is 0 Å². The zero-order valence-corrected chi connectivity index (χ0v) is 17.5. The Morgan fingerprint density at radius 2 is 1.17 bits per heavy atom. The van der Waals surface area contributed by atoms with Gasteiger partial charge in [-0.3, -0.25) is 0 Å². The summed E-state index contributed by atoms with van der Waals surface area (Å²) in [6.45, 7) is 4.54. The van der Waals surface area contributed by atoms with E-state index >= 15 is 0 Å². The van der Waals surface area contributed by atoms with E-state index in [0.29, 0.717) is 5.92 Å². The summed E-state index contributed by atoms with van der Waals surface area (Å²) in [5, 5.41) is 0. The van der Waals surface area contributed by atoms with Gasteiger partial charge in [0.2, 0.25) is 0 Å². The van der Waals surface area contributed by atoms with Gasteiger partial charge in [-0.2, -0.15) is 0 Å². The maximum Gasteiger partial charge on any atom is -1.00 e. The Labute approximate surface area is 175 Å². The van der Waals surface area contributed by atoms with E-state index < -0.39 is 0 Å². The standard InChI is InChI=1S/C20H19.3ClH.Ti/c1-15-13-14-19(16(15)2)20(17-9-5-3-6-10-17)18-11-7-4-8-12-18;;;;/h3-12,20H,13H2,1-2H3;3*1H;/q;;;;+3/p-3. The van der Waals surface area contributed by atoms with Crippen molar-refractivity contribution in [2.75, 3.05) is 0 Å². The zero-order chi connectivity index (χ0) is 14.8. The molecule has 0 amide bonds. The molecule has 0 aliphatic heterocycles. The molecule has 24 heavy (non-hydrogen) atoms. The third kappa shape index (κ3) is 4.78. The van der Waals surface area contributed by atoms with Crippen molar-refractivity contribution < 1.29 is 57.7 Å². The van der Waals surface area contributed by atoms with Crippen LogP contribution in [-0.2, 0) is 20.4 Å². The van der Waals surface area contributed by atoms with Crippen molar-refractivity contribution in [1.82, 2.24) is 0 Å². The molecule has 0 spiro atoms. The van der Waals surface area contributed by atoms with Crippen molar-refractivity contribution in [3.05, 3.63) is 92.4 Å². The molecule has 124 valence electrons. The number of allylic oxidation sites excluding steroid dienone is 4. The molecule has 1 aliphatic carbocycles. The molecular formula is C20H19Cl3Ti. The van der Waals surface area contributed by atoms with E-state index in [9.17, 15) is 0 Å². The third-order valence-corrected chi connectivity index (χ3v) is 5.06. The molecule has 0 saturated carbocycles. The van der Waals surface area contributed by atoms with Crippen LogP contribution in [-0.4, -0.2) is 0 Å². The van der Waals surface area contributed by atoms with Crippen LogP contribution in [0.25, 0.3) is 0 Å². The topological polar surface area (TPSA) is 0 Å². The molecular weight excluding hydrogens is 394 g/mol. The minimum absolute atomic E-state index is 0. The minimum Gasteiger partial charge on any atom is -1.00 e. The largest absolute Gasteiger partial charge is 1.00 e. The fourth-order valence-corrected chi connectivity index (χ4v) is 4.09. The van der Waals surface area contributed by atoms with Crippen molar-refractivity contribution in [3.8, 4) is 0 Å². The van der Waals surface area contributed by atoms with Gasteiger partial charge >= 0.3 is 139 Å². The van der Waals surface area contributed by atoms with Crippen LogP contribution in [0.3, 0.4) is 0 Å². The molecule has 0 atom stereocenters. The van der Waals surface area contributed by atoms with Crippen molar-refractivity contribution >= 4 is 0 Å². The molecule has 0 fully saturated rings. The van der Waals surface area contributed by atoms with E-state index in [2.05, 4.69) is 94.9 Å². The van der Waals surface area contributed by atoms with Crippen molar-refractivity contribution in [2.24, 2.45) is 0 Å². The predicted octanol–water partition coefficient (Wildman–Crippen LogP) is -3.63. The number of rotatable bonds is 3. The van der Waals surface area contributed by atoms with Crippen LogP contribution < -0.4 is 37.2 Å². The second kappa shape index (κ2) is 10.5. The first kappa shape index (κ1) is 23.5. The van der Waals surface area contributed by atoms with Gasteiger partial charge in [0, 0.05) is 0 Å². The van der Waals surface area contributed by atoms with Crippen LogP contribution in [0, 0.1) is 0 Å². The van der Waals surface area contributed by atoms with Crippen LogP contribution in [0.15, 0.2) is 81.3 Å². The summed E-state index contributed by atoms with van der Waals surface area (Å²) in [4.78, 5) is 0. The average Bonchev–Trinajstić information content (AvgIpc) is 2.76. The molecule has 0 nitrogen and oxygen atoms in total. The van der Waals surface area contributed by atoms with E-state index in [1.54, 1.807) is 0 Å². The summed E-state index contributed by atoms with van der Waals surface area (Å²) < 4.78 is 1.52. The molecule has 2 aromatic carbocycles. The second-order valence-corrected chi connectivity index (χ2v) is 6.67. The molecule has 0 N–H and O–H groups in total. The Bertz CT molecular complexity index is 667. The fraction of sp³-hybridized carbons (Fsp3) is 0.200. The van der Waals surface area contributed by atoms with Gasteiger partial charge in [-0.1, -0.05) is 0 Å². The average molecular weight is 414 g/mol. The number of benzene rings is 2. The summed E-state index contributed by atoms with van der Waals surface area (Å²) in [6, 6.07) is 21.7. The molecule has 0 saturated heterocycles. The quantitative estimate of drug-likeness (QED) is 0.456. The normalized spacial score (nSPS) is 13.4.